The zero-order chi connectivity index (χ0) is 19.6. The van der Waals surface area contributed by atoms with Crippen LogP contribution in [0, 0.1) is 5.82 Å². The quantitative estimate of drug-likeness (QED) is 0.738. The number of rotatable bonds is 5. The van der Waals surface area contributed by atoms with Gasteiger partial charge in [-0.2, -0.15) is 0 Å². The van der Waals surface area contributed by atoms with Gasteiger partial charge in [0, 0.05) is 32.3 Å². The first kappa shape index (κ1) is 18.7. The van der Waals surface area contributed by atoms with E-state index in [1.54, 1.807) is 30.3 Å². The van der Waals surface area contributed by atoms with Gasteiger partial charge in [-0.1, -0.05) is 0 Å². The summed E-state index contributed by atoms with van der Waals surface area (Å²) < 4.78 is 19.8. The average Bonchev–Trinajstić information content (AvgIpc) is 3.16. The van der Waals surface area contributed by atoms with Crippen LogP contribution in [-0.4, -0.2) is 57.1 Å². The Labute approximate surface area is 155 Å². The number of ketones is 1. The monoisotopic (exact) mass is 376 g/mol. The van der Waals surface area contributed by atoms with Gasteiger partial charge in [-0.25, -0.2) is 9.18 Å². The summed E-state index contributed by atoms with van der Waals surface area (Å²) in [4.78, 5) is 37.9. The van der Waals surface area contributed by atoms with E-state index in [0.717, 1.165) is 0 Å². The molecule has 0 aliphatic carbocycles. The molecule has 2 amide bonds. The highest BCUT2D eigenvalue weighted by atomic mass is 19.1. The van der Waals surface area contributed by atoms with Gasteiger partial charge in [0.25, 0.3) is 0 Å². The Hall–Kier alpha value is -3.10. The van der Waals surface area contributed by atoms with E-state index in [0.29, 0.717) is 23.5 Å². The molecule has 2 heterocycles. The second-order valence-electron chi connectivity index (χ2n) is 6.43. The van der Waals surface area contributed by atoms with Crippen molar-refractivity contribution < 1.29 is 23.5 Å². The molecule has 2 N–H and O–H groups in total. The van der Waals surface area contributed by atoms with Crippen LogP contribution in [0.5, 0.6) is 0 Å². The lowest BCUT2D eigenvalue weighted by Gasteiger charge is -2.19. The van der Waals surface area contributed by atoms with Gasteiger partial charge in [0.2, 0.25) is 5.91 Å². The van der Waals surface area contributed by atoms with Crippen LogP contribution < -0.4 is 20.4 Å². The van der Waals surface area contributed by atoms with Crippen LogP contribution in [0.15, 0.2) is 30.0 Å². The van der Waals surface area contributed by atoms with Gasteiger partial charge in [-0.15, -0.1) is 0 Å². The molecular formula is C18H21FN4O4. The Morgan fingerprint density at radius 3 is 2.81 bits per heavy atom. The summed E-state index contributed by atoms with van der Waals surface area (Å²) in [6.45, 7) is 2.22. The molecule has 3 rings (SSSR count). The maximum absolute atomic E-state index is 14.6. The minimum absolute atomic E-state index is 0.0586. The van der Waals surface area contributed by atoms with Crippen molar-refractivity contribution >= 4 is 29.2 Å². The van der Waals surface area contributed by atoms with Crippen molar-refractivity contribution in [3.8, 4) is 0 Å². The van der Waals surface area contributed by atoms with Gasteiger partial charge in [0.15, 0.2) is 5.78 Å². The zero-order valence-corrected chi connectivity index (χ0v) is 15.1. The van der Waals surface area contributed by atoms with E-state index in [2.05, 4.69) is 10.6 Å². The second kappa shape index (κ2) is 7.65. The summed E-state index contributed by atoms with van der Waals surface area (Å²) in [5, 5.41) is 5.40. The summed E-state index contributed by atoms with van der Waals surface area (Å²) in [6, 6.07) is 4.42. The molecule has 8 nitrogen and oxygen atoms in total. The number of hydrogen-bond acceptors (Lipinski definition) is 6. The molecule has 9 heteroatoms. The fourth-order valence-electron chi connectivity index (χ4n) is 3.11. The zero-order valence-electron chi connectivity index (χ0n) is 15.1. The molecule has 1 aromatic rings. The number of Topliss-reactive ketones (excluding diaryl/α,β-unsaturated/α-hetero) is 1. The highest BCUT2D eigenvalue weighted by molar-refractivity contribution is 6.02. The number of cyclic esters (lactones) is 1. The van der Waals surface area contributed by atoms with Gasteiger partial charge >= 0.3 is 6.09 Å². The number of carbonyl (C=O) groups excluding carboxylic acids is 3. The highest BCUT2D eigenvalue weighted by Gasteiger charge is 2.33. The molecule has 2 aliphatic rings. The summed E-state index contributed by atoms with van der Waals surface area (Å²) in [5.74, 6) is -0.798. The first-order valence-corrected chi connectivity index (χ1v) is 8.55. The van der Waals surface area contributed by atoms with Crippen molar-refractivity contribution in [2.75, 3.05) is 43.0 Å². The minimum atomic E-state index is -0.590. The highest BCUT2D eigenvalue weighted by Crippen LogP contribution is 2.30. The van der Waals surface area contributed by atoms with Crippen molar-refractivity contribution in [3.05, 3.63) is 35.8 Å². The average molecular weight is 376 g/mol. The standard InChI is InChI=1S/C18H21FN4O4/c1-11(24)21-7-14-9-23(18(26)27-14)13-3-4-16(15(19)5-13)22-8-12(6-20-2)17(25)10-22/h3-6,14,20H,7-10H2,1-2H3,(H,21,24)/t14-/m0/s1. The van der Waals surface area contributed by atoms with Gasteiger partial charge < -0.3 is 20.3 Å². The van der Waals surface area contributed by atoms with E-state index in [1.165, 1.54) is 17.9 Å². The SMILES string of the molecule is CNC=C1CN(c2ccc(N3C[C@H](CNC(C)=O)OC3=O)cc2F)CC1=O. The van der Waals surface area contributed by atoms with Gasteiger partial charge in [-0.3, -0.25) is 14.5 Å². The molecule has 0 saturated carbocycles. The third-order valence-corrected chi connectivity index (χ3v) is 4.41. The molecule has 0 aromatic heterocycles. The Bertz CT molecular complexity index is 811. The number of halogens is 1. The van der Waals surface area contributed by atoms with E-state index in [9.17, 15) is 18.8 Å². The molecule has 27 heavy (non-hydrogen) atoms. The van der Waals surface area contributed by atoms with Crippen molar-refractivity contribution in [2.45, 2.75) is 13.0 Å². The lowest BCUT2D eigenvalue weighted by atomic mass is 10.2. The third-order valence-electron chi connectivity index (χ3n) is 4.41. The lowest BCUT2D eigenvalue weighted by Crippen LogP contribution is -2.33. The number of nitrogens with zero attached hydrogens (tertiary/aromatic N) is 2. The molecule has 2 aliphatic heterocycles. The van der Waals surface area contributed by atoms with Crippen molar-refractivity contribution in [1.82, 2.24) is 10.6 Å². The number of carbonyl (C=O) groups is 3. The fraction of sp³-hybridized carbons (Fsp3) is 0.389. The number of ether oxygens (including phenoxy) is 1. The van der Waals surface area contributed by atoms with Crippen LogP contribution in [-0.2, 0) is 14.3 Å². The van der Waals surface area contributed by atoms with Crippen LogP contribution in [0.1, 0.15) is 6.92 Å². The molecule has 0 unspecified atom stereocenters. The summed E-state index contributed by atoms with van der Waals surface area (Å²) >= 11 is 0. The second-order valence-corrected chi connectivity index (χ2v) is 6.43. The maximum Gasteiger partial charge on any atom is 0.414 e. The van der Waals surface area contributed by atoms with Crippen LogP contribution in [0.2, 0.25) is 0 Å². The summed E-state index contributed by atoms with van der Waals surface area (Å²) in [5.41, 5.74) is 1.25. The predicted molar refractivity (Wildman–Crippen MR) is 97.1 cm³/mol. The predicted octanol–water partition coefficient (Wildman–Crippen LogP) is 0.779. The molecule has 0 radical (unpaired) electrons. The van der Waals surface area contributed by atoms with Crippen molar-refractivity contribution in [1.29, 1.82) is 0 Å². The number of hydrogen-bond donors (Lipinski definition) is 2. The largest absolute Gasteiger partial charge is 0.442 e. The van der Waals surface area contributed by atoms with Gasteiger partial charge in [0.1, 0.15) is 11.9 Å². The number of nitrogens with one attached hydrogen (secondary N) is 2. The summed E-state index contributed by atoms with van der Waals surface area (Å²) in [7, 11) is 1.70. The van der Waals surface area contributed by atoms with E-state index in [-0.39, 0.29) is 31.3 Å². The van der Waals surface area contributed by atoms with E-state index >= 15 is 0 Å². The van der Waals surface area contributed by atoms with Gasteiger partial charge in [0.05, 0.1) is 31.0 Å². The Balaban J connectivity index is 1.72. The van der Waals surface area contributed by atoms with Crippen LogP contribution in [0.4, 0.5) is 20.6 Å². The molecule has 144 valence electrons. The number of anilines is 2. The topological polar surface area (TPSA) is 91.0 Å². The lowest BCUT2D eigenvalue weighted by molar-refractivity contribution is -0.119. The van der Waals surface area contributed by atoms with E-state index in [4.69, 9.17) is 4.74 Å². The number of amides is 2. The molecule has 0 spiro atoms. The van der Waals surface area contributed by atoms with E-state index < -0.39 is 18.0 Å². The summed E-state index contributed by atoms with van der Waals surface area (Å²) in [6.07, 6.45) is 0.534. The first-order chi connectivity index (χ1) is 12.9. The van der Waals surface area contributed by atoms with Crippen molar-refractivity contribution in [3.63, 3.8) is 0 Å². The smallest absolute Gasteiger partial charge is 0.414 e. The Kier molecular flexibility index (Phi) is 5.29. The first-order valence-electron chi connectivity index (χ1n) is 8.55. The van der Waals surface area contributed by atoms with Crippen LogP contribution in [0.25, 0.3) is 0 Å². The van der Waals surface area contributed by atoms with E-state index in [1.807, 2.05) is 0 Å². The fourth-order valence-corrected chi connectivity index (χ4v) is 3.11. The molecule has 0 bridgehead atoms. The normalized spacial score (nSPS) is 21.0. The van der Waals surface area contributed by atoms with Crippen LogP contribution >= 0.6 is 0 Å². The molecule has 2 fully saturated rings. The van der Waals surface area contributed by atoms with Gasteiger partial charge in [-0.05, 0) is 18.2 Å². The number of benzene rings is 1. The molecule has 1 aromatic carbocycles. The third kappa shape index (κ3) is 4.02. The molecule has 2 saturated heterocycles. The Morgan fingerprint density at radius 1 is 1.37 bits per heavy atom. The van der Waals surface area contributed by atoms with Crippen molar-refractivity contribution in [2.24, 2.45) is 0 Å². The minimum Gasteiger partial charge on any atom is -0.442 e. The molecular weight excluding hydrogens is 355 g/mol. The van der Waals surface area contributed by atoms with Crippen LogP contribution in [0.3, 0.4) is 0 Å². The Morgan fingerprint density at radius 2 is 2.15 bits per heavy atom. The molecule has 1 atom stereocenters. The maximum atomic E-state index is 14.6.